The Morgan fingerprint density at radius 1 is 1.53 bits per heavy atom. The number of nitrogens with zero attached hydrogens (tertiary/aromatic N) is 1. The fraction of sp³-hybridized carbons (Fsp3) is 0.571. The third kappa shape index (κ3) is 4.52. The molecule has 0 aromatic carbocycles. The minimum atomic E-state index is 0.107. The fourth-order valence-corrected chi connectivity index (χ4v) is 2.13. The third-order valence-corrected chi connectivity index (χ3v) is 3.25. The Morgan fingerprint density at radius 2 is 2.42 bits per heavy atom. The molecule has 0 bridgehead atoms. The van der Waals surface area contributed by atoms with Crippen molar-refractivity contribution in [2.45, 2.75) is 19.8 Å². The summed E-state index contributed by atoms with van der Waals surface area (Å²) >= 11 is 0. The summed E-state index contributed by atoms with van der Waals surface area (Å²) in [5.74, 6) is 1.38. The number of aromatic nitrogens is 1. The topological polar surface area (TPSA) is 63.2 Å². The van der Waals surface area contributed by atoms with Gasteiger partial charge < -0.3 is 15.4 Å². The van der Waals surface area contributed by atoms with Crippen LogP contribution in [0.5, 0.6) is 0 Å². The van der Waals surface area contributed by atoms with Gasteiger partial charge in [-0.05, 0) is 30.9 Å². The second kappa shape index (κ2) is 7.09. The first kappa shape index (κ1) is 13.8. The number of carbonyl (C=O) groups is 1. The summed E-state index contributed by atoms with van der Waals surface area (Å²) in [6, 6.07) is 3.92. The Balaban J connectivity index is 1.61. The molecular formula is C14H21N3O2. The Bertz CT molecular complexity index is 417. The molecule has 1 aliphatic rings. The van der Waals surface area contributed by atoms with Crippen LogP contribution in [0, 0.1) is 12.8 Å². The van der Waals surface area contributed by atoms with Gasteiger partial charge >= 0.3 is 0 Å². The number of aryl methyl sites for hydroxylation is 1. The van der Waals surface area contributed by atoms with Crippen molar-refractivity contribution in [1.82, 2.24) is 10.3 Å². The van der Waals surface area contributed by atoms with Crippen LogP contribution in [0.4, 0.5) is 5.82 Å². The van der Waals surface area contributed by atoms with Crippen molar-refractivity contribution < 1.29 is 9.53 Å². The lowest BCUT2D eigenvalue weighted by molar-refractivity contribution is -0.121. The maximum absolute atomic E-state index is 11.7. The minimum Gasteiger partial charge on any atom is -0.381 e. The highest BCUT2D eigenvalue weighted by atomic mass is 16.5. The molecule has 1 aromatic heterocycles. The molecule has 0 unspecified atom stereocenters. The summed E-state index contributed by atoms with van der Waals surface area (Å²) in [5.41, 5.74) is 1.11. The summed E-state index contributed by atoms with van der Waals surface area (Å²) in [7, 11) is 0. The van der Waals surface area contributed by atoms with Gasteiger partial charge in [-0.1, -0.05) is 6.07 Å². The maximum Gasteiger partial charge on any atom is 0.220 e. The zero-order chi connectivity index (χ0) is 13.5. The molecule has 1 aromatic rings. The summed E-state index contributed by atoms with van der Waals surface area (Å²) in [6.07, 6.45) is 3.33. The third-order valence-electron chi connectivity index (χ3n) is 3.25. The van der Waals surface area contributed by atoms with E-state index in [0.717, 1.165) is 31.0 Å². The van der Waals surface area contributed by atoms with E-state index in [4.69, 9.17) is 4.74 Å². The highest BCUT2D eigenvalue weighted by Crippen LogP contribution is 2.15. The quantitative estimate of drug-likeness (QED) is 0.760. The fourth-order valence-electron chi connectivity index (χ4n) is 2.13. The first-order valence-corrected chi connectivity index (χ1v) is 6.75. The SMILES string of the molecule is Cc1cccnc1NCCNC(=O)C[C@H]1CCOC1. The second-order valence-electron chi connectivity index (χ2n) is 4.88. The average molecular weight is 263 g/mol. The largest absolute Gasteiger partial charge is 0.381 e. The Hall–Kier alpha value is -1.62. The highest BCUT2D eigenvalue weighted by molar-refractivity contribution is 5.76. The van der Waals surface area contributed by atoms with Gasteiger partial charge in [-0.15, -0.1) is 0 Å². The van der Waals surface area contributed by atoms with Crippen molar-refractivity contribution in [2.75, 3.05) is 31.6 Å². The van der Waals surface area contributed by atoms with Crippen LogP contribution < -0.4 is 10.6 Å². The number of ether oxygens (including phenoxy) is 1. The van der Waals surface area contributed by atoms with Crippen LogP contribution in [0.2, 0.25) is 0 Å². The van der Waals surface area contributed by atoms with Gasteiger partial charge in [0, 0.05) is 38.9 Å². The van der Waals surface area contributed by atoms with Crippen molar-refractivity contribution in [3.05, 3.63) is 23.9 Å². The van der Waals surface area contributed by atoms with Crippen LogP contribution in [-0.4, -0.2) is 37.2 Å². The molecule has 5 nitrogen and oxygen atoms in total. The van der Waals surface area contributed by atoms with Gasteiger partial charge in [0.2, 0.25) is 5.91 Å². The number of hydrogen-bond acceptors (Lipinski definition) is 4. The van der Waals surface area contributed by atoms with E-state index < -0.39 is 0 Å². The molecular weight excluding hydrogens is 242 g/mol. The smallest absolute Gasteiger partial charge is 0.220 e. The highest BCUT2D eigenvalue weighted by Gasteiger charge is 2.18. The molecule has 0 saturated carbocycles. The lowest BCUT2D eigenvalue weighted by Crippen LogP contribution is -2.30. The van der Waals surface area contributed by atoms with Crippen LogP contribution in [0.1, 0.15) is 18.4 Å². The lowest BCUT2D eigenvalue weighted by atomic mass is 10.1. The monoisotopic (exact) mass is 263 g/mol. The Kier molecular flexibility index (Phi) is 5.15. The first-order valence-electron chi connectivity index (χ1n) is 6.75. The normalized spacial score (nSPS) is 18.3. The molecule has 1 saturated heterocycles. The number of hydrogen-bond donors (Lipinski definition) is 2. The summed E-state index contributed by atoms with van der Waals surface area (Å²) in [4.78, 5) is 15.9. The van der Waals surface area contributed by atoms with Gasteiger partial charge in [0.05, 0.1) is 0 Å². The van der Waals surface area contributed by atoms with Crippen LogP contribution >= 0.6 is 0 Å². The van der Waals surface area contributed by atoms with Crippen LogP contribution in [0.3, 0.4) is 0 Å². The number of rotatable bonds is 6. The van der Waals surface area contributed by atoms with Gasteiger partial charge in [0.25, 0.3) is 0 Å². The molecule has 1 fully saturated rings. The first-order chi connectivity index (χ1) is 9.25. The molecule has 1 amide bonds. The number of pyridine rings is 1. The maximum atomic E-state index is 11.7. The van der Waals surface area contributed by atoms with Crippen molar-refractivity contribution in [1.29, 1.82) is 0 Å². The van der Waals surface area contributed by atoms with E-state index in [0.29, 0.717) is 25.4 Å². The predicted molar refractivity (Wildman–Crippen MR) is 74.0 cm³/mol. The molecule has 2 heterocycles. The molecule has 2 rings (SSSR count). The van der Waals surface area contributed by atoms with E-state index in [-0.39, 0.29) is 5.91 Å². The molecule has 0 aliphatic carbocycles. The van der Waals surface area contributed by atoms with Crippen molar-refractivity contribution in [3.63, 3.8) is 0 Å². The standard InChI is InChI=1S/C14H21N3O2/c1-11-3-2-5-16-14(11)17-7-6-15-13(18)9-12-4-8-19-10-12/h2-3,5,12H,4,6-10H2,1H3,(H,15,18)(H,16,17)/t12-/m1/s1. The molecule has 104 valence electrons. The Labute approximate surface area is 113 Å². The van der Waals surface area contributed by atoms with E-state index in [1.807, 2.05) is 19.1 Å². The molecule has 5 heteroatoms. The molecule has 0 spiro atoms. The van der Waals surface area contributed by atoms with Crippen LogP contribution in [0.15, 0.2) is 18.3 Å². The number of amides is 1. The van der Waals surface area contributed by atoms with E-state index in [1.165, 1.54) is 0 Å². The molecule has 19 heavy (non-hydrogen) atoms. The van der Waals surface area contributed by atoms with E-state index in [9.17, 15) is 4.79 Å². The van der Waals surface area contributed by atoms with Crippen molar-refractivity contribution in [2.24, 2.45) is 5.92 Å². The minimum absolute atomic E-state index is 0.107. The average Bonchev–Trinajstić information content (AvgIpc) is 2.89. The number of carbonyl (C=O) groups excluding carboxylic acids is 1. The van der Waals surface area contributed by atoms with Gasteiger partial charge in [0.15, 0.2) is 0 Å². The van der Waals surface area contributed by atoms with E-state index in [2.05, 4.69) is 15.6 Å². The molecule has 2 N–H and O–H groups in total. The summed E-state index contributed by atoms with van der Waals surface area (Å²) in [6.45, 7) is 4.82. The number of nitrogens with one attached hydrogen (secondary N) is 2. The molecule has 1 atom stereocenters. The zero-order valence-electron chi connectivity index (χ0n) is 11.3. The van der Waals surface area contributed by atoms with Crippen LogP contribution in [0.25, 0.3) is 0 Å². The molecule has 0 radical (unpaired) electrons. The van der Waals surface area contributed by atoms with Crippen molar-refractivity contribution >= 4 is 11.7 Å². The van der Waals surface area contributed by atoms with Gasteiger partial charge in [-0.2, -0.15) is 0 Å². The van der Waals surface area contributed by atoms with E-state index >= 15 is 0 Å². The lowest BCUT2D eigenvalue weighted by Gasteiger charge is -2.10. The Morgan fingerprint density at radius 3 is 3.16 bits per heavy atom. The van der Waals surface area contributed by atoms with Gasteiger partial charge in [-0.3, -0.25) is 4.79 Å². The number of anilines is 1. The van der Waals surface area contributed by atoms with Crippen molar-refractivity contribution in [3.8, 4) is 0 Å². The van der Waals surface area contributed by atoms with Gasteiger partial charge in [-0.25, -0.2) is 4.98 Å². The zero-order valence-corrected chi connectivity index (χ0v) is 11.3. The van der Waals surface area contributed by atoms with E-state index in [1.54, 1.807) is 6.20 Å². The predicted octanol–water partition coefficient (Wildman–Crippen LogP) is 1.34. The van der Waals surface area contributed by atoms with Crippen LogP contribution in [-0.2, 0) is 9.53 Å². The summed E-state index contributed by atoms with van der Waals surface area (Å²) < 4.78 is 5.25. The second-order valence-corrected chi connectivity index (χ2v) is 4.88. The molecule has 1 aliphatic heterocycles. The summed E-state index contributed by atoms with van der Waals surface area (Å²) in [5, 5.41) is 6.13. The van der Waals surface area contributed by atoms with Gasteiger partial charge in [0.1, 0.15) is 5.82 Å².